The van der Waals surface area contributed by atoms with E-state index in [1.54, 1.807) is 0 Å². The minimum absolute atomic E-state index is 1.18. The molecule has 0 aliphatic heterocycles. The summed E-state index contributed by atoms with van der Waals surface area (Å²) in [5.41, 5.74) is 8.72. The number of hydrogen-bond acceptors (Lipinski definition) is 0. The topological polar surface area (TPSA) is 9.86 Å². The summed E-state index contributed by atoms with van der Waals surface area (Å²) in [6, 6.07) is 41.5. The minimum Gasteiger partial charge on any atom is -0.342 e. The summed E-state index contributed by atoms with van der Waals surface area (Å²) in [5, 5.41) is 5.17. The molecule has 0 saturated heterocycles. The Labute approximate surface area is 191 Å². The average molecular weight is 423 g/mol. The van der Waals surface area contributed by atoms with Gasteiger partial charge in [-0.25, -0.2) is 0 Å². The SMILES string of the molecule is Cn1c2ccccc2c2cc(-c3ccccc3)c3c4ccccc4n(-c4ccccc4)c3c21. The van der Waals surface area contributed by atoms with Gasteiger partial charge in [-0.15, -0.1) is 0 Å². The highest BCUT2D eigenvalue weighted by Gasteiger charge is 2.22. The predicted molar refractivity (Wildman–Crippen MR) is 140 cm³/mol. The Morgan fingerprint density at radius 2 is 1.12 bits per heavy atom. The maximum Gasteiger partial charge on any atom is 0.0791 e. The van der Waals surface area contributed by atoms with Gasteiger partial charge in [0.1, 0.15) is 0 Å². The Hall–Kier alpha value is -4.30. The molecule has 0 aliphatic carbocycles. The Bertz CT molecular complexity index is 1800. The van der Waals surface area contributed by atoms with Gasteiger partial charge in [0.05, 0.1) is 16.6 Å². The first-order valence-electron chi connectivity index (χ1n) is 11.4. The molecule has 156 valence electrons. The van der Waals surface area contributed by atoms with E-state index in [9.17, 15) is 0 Å². The van der Waals surface area contributed by atoms with Crippen LogP contribution in [0.3, 0.4) is 0 Å². The van der Waals surface area contributed by atoms with Gasteiger partial charge in [0.25, 0.3) is 0 Å². The van der Waals surface area contributed by atoms with Crippen LogP contribution in [0.15, 0.2) is 115 Å². The van der Waals surface area contributed by atoms with Crippen molar-refractivity contribution in [1.29, 1.82) is 0 Å². The molecular formula is C31H22N2. The third-order valence-electron chi connectivity index (χ3n) is 6.90. The molecule has 2 heteroatoms. The summed E-state index contributed by atoms with van der Waals surface area (Å²) in [6.07, 6.45) is 0. The van der Waals surface area contributed by atoms with E-state index in [4.69, 9.17) is 0 Å². The molecule has 2 aromatic heterocycles. The van der Waals surface area contributed by atoms with E-state index in [0.29, 0.717) is 0 Å². The van der Waals surface area contributed by atoms with Crippen LogP contribution in [0.2, 0.25) is 0 Å². The van der Waals surface area contributed by atoms with Crippen molar-refractivity contribution in [1.82, 2.24) is 9.13 Å². The fourth-order valence-electron chi connectivity index (χ4n) is 5.50. The zero-order valence-electron chi connectivity index (χ0n) is 18.4. The van der Waals surface area contributed by atoms with Gasteiger partial charge in [-0.1, -0.05) is 84.9 Å². The highest BCUT2D eigenvalue weighted by atomic mass is 15.0. The number of nitrogens with zero attached hydrogens (tertiary/aromatic N) is 2. The van der Waals surface area contributed by atoms with E-state index >= 15 is 0 Å². The zero-order valence-corrected chi connectivity index (χ0v) is 18.4. The number of fused-ring (bicyclic) bond motifs is 7. The minimum atomic E-state index is 1.18. The first kappa shape index (κ1) is 18.3. The fraction of sp³-hybridized carbons (Fsp3) is 0.0323. The molecule has 0 aliphatic rings. The third kappa shape index (κ3) is 2.49. The lowest BCUT2D eigenvalue weighted by Gasteiger charge is -2.12. The van der Waals surface area contributed by atoms with E-state index in [2.05, 4.69) is 131 Å². The van der Waals surface area contributed by atoms with Gasteiger partial charge >= 0.3 is 0 Å². The van der Waals surface area contributed by atoms with E-state index in [1.165, 1.54) is 60.4 Å². The molecule has 2 heterocycles. The van der Waals surface area contributed by atoms with Crippen LogP contribution in [-0.2, 0) is 7.05 Å². The monoisotopic (exact) mass is 422 g/mol. The second kappa shape index (κ2) is 6.85. The van der Waals surface area contributed by atoms with Crippen LogP contribution >= 0.6 is 0 Å². The molecule has 7 aromatic rings. The normalized spacial score (nSPS) is 11.8. The van der Waals surface area contributed by atoms with Crippen molar-refractivity contribution in [3.05, 3.63) is 115 Å². The first-order chi connectivity index (χ1) is 16.3. The highest BCUT2D eigenvalue weighted by molar-refractivity contribution is 6.27. The molecule has 0 unspecified atom stereocenters. The molecule has 2 nitrogen and oxygen atoms in total. The largest absolute Gasteiger partial charge is 0.342 e. The molecule has 5 aromatic carbocycles. The summed E-state index contributed by atoms with van der Waals surface area (Å²) in [6.45, 7) is 0. The van der Waals surface area contributed by atoms with Crippen molar-refractivity contribution in [2.24, 2.45) is 7.05 Å². The second-order valence-electron chi connectivity index (χ2n) is 8.67. The quantitative estimate of drug-likeness (QED) is 0.266. The molecule has 0 saturated carbocycles. The number of para-hydroxylation sites is 3. The van der Waals surface area contributed by atoms with Gasteiger partial charge in [-0.2, -0.15) is 0 Å². The van der Waals surface area contributed by atoms with Gasteiger partial charge in [-0.05, 0) is 41.5 Å². The van der Waals surface area contributed by atoms with E-state index < -0.39 is 0 Å². The first-order valence-corrected chi connectivity index (χ1v) is 11.4. The van der Waals surface area contributed by atoms with Gasteiger partial charge in [0, 0.05) is 39.8 Å². The van der Waals surface area contributed by atoms with Crippen LogP contribution < -0.4 is 0 Å². The molecule has 0 bridgehead atoms. The molecule has 0 spiro atoms. The predicted octanol–water partition coefficient (Wildman–Crippen LogP) is 8.10. The molecule has 0 N–H and O–H groups in total. The van der Waals surface area contributed by atoms with Gasteiger partial charge < -0.3 is 9.13 Å². The Morgan fingerprint density at radius 3 is 1.88 bits per heavy atom. The lowest BCUT2D eigenvalue weighted by atomic mass is 9.96. The van der Waals surface area contributed by atoms with Gasteiger partial charge in [0.15, 0.2) is 0 Å². The standard InChI is InChI=1S/C31H22N2/c1-32-27-18-10-8-16-23(27)26-20-25(21-12-4-2-5-13-21)29-24-17-9-11-19-28(24)33(31(29)30(26)32)22-14-6-3-7-15-22/h2-20H,1H3. The van der Waals surface area contributed by atoms with Crippen molar-refractivity contribution < 1.29 is 0 Å². The molecule has 0 amide bonds. The lowest BCUT2D eigenvalue weighted by molar-refractivity contribution is 1.01. The van der Waals surface area contributed by atoms with E-state index in [0.717, 1.165) is 0 Å². The molecule has 33 heavy (non-hydrogen) atoms. The fourth-order valence-corrected chi connectivity index (χ4v) is 5.50. The van der Waals surface area contributed by atoms with Crippen LogP contribution in [0.25, 0.3) is 60.4 Å². The molecule has 0 fully saturated rings. The Balaban J connectivity index is 1.83. The average Bonchev–Trinajstić information content (AvgIpc) is 3.37. The summed E-state index contributed by atoms with van der Waals surface area (Å²) in [4.78, 5) is 0. The van der Waals surface area contributed by atoms with Crippen LogP contribution in [0.1, 0.15) is 0 Å². The molecular weight excluding hydrogens is 400 g/mol. The van der Waals surface area contributed by atoms with Crippen LogP contribution in [0, 0.1) is 0 Å². The van der Waals surface area contributed by atoms with Gasteiger partial charge in [0.2, 0.25) is 0 Å². The van der Waals surface area contributed by atoms with Crippen LogP contribution in [-0.4, -0.2) is 9.13 Å². The maximum absolute atomic E-state index is 2.44. The number of rotatable bonds is 2. The Morgan fingerprint density at radius 1 is 0.515 bits per heavy atom. The van der Waals surface area contributed by atoms with Crippen molar-refractivity contribution in [3.8, 4) is 16.8 Å². The number of aromatic nitrogens is 2. The van der Waals surface area contributed by atoms with Crippen molar-refractivity contribution in [2.45, 2.75) is 0 Å². The van der Waals surface area contributed by atoms with Crippen LogP contribution in [0.4, 0.5) is 0 Å². The highest BCUT2D eigenvalue weighted by Crippen LogP contribution is 2.44. The molecule has 0 radical (unpaired) electrons. The molecule has 0 atom stereocenters. The van der Waals surface area contributed by atoms with Gasteiger partial charge in [-0.3, -0.25) is 0 Å². The summed E-state index contributed by atoms with van der Waals surface area (Å²) in [5.74, 6) is 0. The van der Waals surface area contributed by atoms with E-state index in [1.807, 2.05) is 0 Å². The third-order valence-corrected chi connectivity index (χ3v) is 6.90. The summed E-state index contributed by atoms with van der Waals surface area (Å²) in [7, 11) is 2.19. The summed E-state index contributed by atoms with van der Waals surface area (Å²) < 4.78 is 4.80. The zero-order chi connectivity index (χ0) is 21.9. The van der Waals surface area contributed by atoms with E-state index in [-0.39, 0.29) is 0 Å². The van der Waals surface area contributed by atoms with Crippen molar-refractivity contribution in [3.63, 3.8) is 0 Å². The maximum atomic E-state index is 2.44. The van der Waals surface area contributed by atoms with Crippen molar-refractivity contribution >= 4 is 43.6 Å². The Kier molecular flexibility index (Phi) is 3.80. The van der Waals surface area contributed by atoms with Crippen molar-refractivity contribution in [2.75, 3.05) is 0 Å². The second-order valence-corrected chi connectivity index (χ2v) is 8.67. The molecule has 7 rings (SSSR count). The smallest absolute Gasteiger partial charge is 0.0791 e. The lowest BCUT2D eigenvalue weighted by Crippen LogP contribution is -1.96. The number of aryl methyl sites for hydroxylation is 1. The number of benzene rings is 5. The van der Waals surface area contributed by atoms with Crippen LogP contribution in [0.5, 0.6) is 0 Å². The summed E-state index contributed by atoms with van der Waals surface area (Å²) >= 11 is 0. The number of hydrogen-bond donors (Lipinski definition) is 0.